The highest BCUT2D eigenvalue weighted by molar-refractivity contribution is 5.95. The van der Waals surface area contributed by atoms with Crippen molar-refractivity contribution in [2.75, 3.05) is 26.7 Å². The largest absolute Gasteiger partial charge is 0.345 e. The standard InChI is InChI=1S/C16H19FN2O2/c1-11-9-19(10-16(11)6-7-18(2)15(16)21)14(20)12-4-3-5-13(17)8-12/h3-5,8,11H,6-7,9-10H2,1-2H3/t11-,16-/m1/s1. The molecule has 0 unspecified atom stereocenters. The molecule has 0 bridgehead atoms. The van der Waals surface area contributed by atoms with Crippen LogP contribution in [0.15, 0.2) is 24.3 Å². The Morgan fingerprint density at radius 3 is 2.81 bits per heavy atom. The zero-order valence-corrected chi connectivity index (χ0v) is 12.3. The summed E-state index contributed by atoms with van der Waals surface area (Å²) in [7, 11) is 1.81. The van der Waals surface area contributed by atoms with Crippen molar-refractivity contribution in [2.45, 2.75) is 13.3 Å². The van der Waals surface area contributed by atoms with Gasteiger partial charge in [-0.05, 0) is 30.5 Å². The highest BCUT2D eigenvalue weighted by atomic mass is 19.1. The van der Waals surface area contributed by atoms with Crippen LogP contribution >= 0.6 is 0 Å². The number of carbonyl (C=O) groups is 2. The van der Waals surface area contributed by atoms with E-state index in [1.807, 2.05) is 6.92 Å². The van der Waals surface area contributed by atoms with E-state index in [4.69, 9.17) is 0 Å². The number of hydrogen-bond donors (Lipinski definition) is 0. The number of rotatable bonds is 1. The summed E-state index contributed by atoms with van der Waals surface area (Å²) in [6, 6.07) is 5.72. The molecule has 4 nitrogen and oxygen atoms in total. The van der Waals surface area contributed by atoms with Gasteiger partial charge < -0.3 is 9.80 Å². The molecule has 2 amide bonds. The van der Waals surface area contributed by atoms with Crippen molar-refractivity contribution < 1.29 is 14.0 Å². The Kier molecular flexibility index (Phi) is 3.23. The van der Waals surface area contributed by atoms with E-state index in [9.17, 15) is 14.0 Å². The maximum absolute atomic E-state index is 13.3. The molecule has 2 aliphatic rings. The molecule has 1 spiro atoms. The van der Waals surface area contributed by atoms with Crippen LogP contribution in [0.3, 0.4) is 0 Å². The third-order valence-electron chi connectivity index (χ3n) is 4.94. The number of amides is 2. The summed E-state index contributed by atoms with van der Waals surface area (Å²) >= 11 is 0. The number of hydrogen-bond acceptors (Lipinski definition) is 2. The van der Waals surface area contributed by atoms with Crippen molar-refractivity contribution in [1.29, 1.82) is 0 Å². The fourth-order valence-electron chi connectivity index (χ4n) is 3.58. The van der Waals surface area contributed by atoms with Gasteiger partial charge in [-0.25, -0.2) is 4.39 Å². The highest BCUT2D eigenvalue weighted by Gasteiger charge is 2.55. The Morgan fingerprint density at radius 2 is 2.19 bits per heavy atom. The lowest BCUT2D eigenvalue weighted by Crippen LogP contribution is -2.39. The first kappa shape index (κ1) is 14.0. The first-order valence-corrected chi connectivity index (χ1v) is 7.24. The quantitative estimate of drug-likeness (QED) is 0.791. The fraction of sp³-hybridized carbons (Fsp3) is 0.500. The topological polar surface area (TPSA) is 40.6 Å². The van der Waals surface area contributed by atoms with Gasteiger partial charge in [0.1, 0.15) is 5.82 Å². The van der Waals surface area contributed by atoms with Gasteiger partial charge in [-0.15, -0.1) is 0 Å². The van der Waals surface area contributed by atoms with Gasteiger partial charge in [0.25, 0.3) is 5.91 Å². The summed E-state index contributed by atoms with van der Waals surface area (Å²) in [4.78, 5) is 28.4. The van der Waals surface area contributed by atoms with Gasteiger partial charge in [-0.1, -0.05) is 13.0 Å². The molecule has 0 radical (unpaired) electrons. The molecule has 2 atom stereocenters. The van der Waals surface area contributed by atoms with Crippen LogP contribution in [0.4, 0.5) is 4.39 Å². The Morgan fingerprint density at radius 1 is 1.43 bits per heavy atom. The normalized spacial score (nSPS) is 28.7. The number of halogens is 1. The summed E-state index contributed by atoms with van der Waals surface area (Å²) in [5.41, 5.74) is -0.101. The average Bonchev–Trinajstić information content (AvgIpc) is 2.94. The van der Waals surface area contributed by atoms with Crippen LogP contribution in [0.25, 0.3) is 0 Å². The van der Waals surface area contributed by atoms with E-state index in [1.54, 1.807) is 22.9 Å². The van der Waals surface area contributed by atoms with E-state index >= 15 is 0 Å². The molecule has 0 saturated carbocycles. The van der Waals surface area contributed by atoms with E-state index in [-0.39, 0.29) is 17.7 Å². The predicted molar refractivity (Wildman–Crippen MR) is 76.2 cm³/mol. The SMILES string of the molecule is C[C@@H]1CN(C(=O)c2cccc(F)c2)C[C@]12CCN(C)C2=O. The highest BCUT2D eigenvalue weighted by Crippen LogP contribution is 2.44. The maximum atomic E-state index is 13.3. The third-order valence-corrected chi connectivity index (χ3v) is 4.94. The molecule has 2 aliphatic heterocycles. The van der Waals surface area contributed by atoms with Gasteiger partial charge in [0.2, 0.25) is 5.91 Å². The number of likely N-dealkylation sites (tertiary alicyclic amines) is 2. The molecule has 5 heteroatoms. The summed E-state index contributed by atoms with van der Waals surface area (Å²) < 4.78 is 13.3. The molecule has 21 heavy (non-hydrogen) atoms. The summed E-state index contributed by atoms with van der Waals surface area (Å²) in [6.45, 7) is 3.75. The van der Waals surface area contributed by atoms with Crippen LogP contribution in [0.1, 0.15) is 23.7 Å². The van der Waals surface area contributed by atoms with Crippen molar-refractivity contribution in [2.24, 2.45) is 11.3 Å². The second-order valence-corrected chi connectivity index (χ2v) is 6.23. The minimum atomic E-state index is -0.447. The van der Waals surface area contributed by atoms with Gasteiger partial charge in [0.05, 0.1) is 5.41 Å². The van der Waals surface area contributed by atoms with Crippen molar-refractivity contribution in [3.05, 3.63) is 35.6 Å². The lowest BCUT2D eigenvalue weighted by molar-refractivity contribution is -0.135. The molecule has 0 N–H and O–H groups in total. The zero-order valence-electron chi connectivity index (χ0n) is 12.3. The van der Waals surface area contributed by atoms with Crippen LogP contribution in [0.2, 0.25) is 0 Å². The van der Waals surface area contributed by atoms with Gasteiger partial charge in [-0.3, -0.25) is 9.59 Å². The van der Waals surface area contributed by atoms with Gasteiger partial charge >= 0.3 is 0 Å². The van der Waals surface area contributed by atoms with Crippen LogP contribution in [0.5, 0.6) is 0 Å². The Hall–Kier alpha value is -1.91. The molecule has 2 fully saturated rings. The van der Waals surface area contributed by atoms with Crippen molar-refractivity contribution >= 4 is 11.8 Å². The van der Waals surface area contributed by atoms with E-state index < -0.39 is 11.2 Å². The molecule has 1 aromatic carbocycles. The molecule has 112 valence electrons. The van der Waals surface area contributed by atoms with Crippen LogP contribution in [0, 0.1) is 17.2 Å². The van der Waals surface area contributed by atoms with E-state index in [2.05, 4.69) is 0 Å². The number of carbonyl (C=O) groups excluding carboxylic acids is 2. The lowest BCUT2D eigenvalue weighted by Gasteiger charge is -2.25. The minimum Gasteiger partial charge on any atom is -0.345 e. The summed E-state index contributed by atoms with van der Waals surface area (Å²) in [5, 5.41) is 0. The first-order valence-electron chi connectivity index (χ1n) is 7.24. The van der Waals surface area contributed by atoms with Gasteiger partial charge in [0, 0.05) is 32.2 Å². The maximum Gasteiger partial charge on any atom is 0.253 e. The van der Waals surface area contributed by atoms with Crippen LogP contribution < -0.4 is 0 Å². The molecular weight excluding hydrogens is 271 g/mol. The summed E-state index contributed by atoms with van der Waals surface area (Å²) in [5.74, 6) is -0.350. The van der Waals surface area contributed by atoms with Crippen LogP contribution in [-0.2, 0) is 4.79 Å². The molecule has 1 aromatic rings. The Labute approximate surface area is 123 Å². The molecule has 3 rings (SSSR count). The van der Waals surface area contributed by atoms with E-state index in [1.165, 1.54) is 18.2 Å². The monoisotopic (exact) mass is 290 g/mol. The number of benzene rings is 1. The first-order chi connectivity index (χ1) is 9.94. The number of nitrogens with zero attached hydrogens (tertiary/aromatic N) is 2. The molecular formula is C16H19FN2O2. The third kappa shape index (κ3) is 2.11. The van der Waals surface area contributed by atoms with Crippen molar-refractivity contribution in [3.63, 3.8) is 0 Å². The molecule has 0 aromatic heterocycles. The van der Waals surface area contributed by atoms with Gasteiger partial charge in [0.15, 0.2) is 0 Å². The second-order valence-electron chi connectivity index (χ2n) is 6.23. The predicted octanol–water partition coefficient (Wildman–Crippen LogP) is 1.77. The molecule has 0 aliphatic carbocycles. The van der Waals surface area contributed by atoms with Crippen LogP contribution in [-0.4, -0.2) is 48.3 Å². The van der Waals surface area contributed by atoms with Gasteiger partial charge in [-0.2, -0.15) is 0 Å². The summed E-state index contributed by atoms with van der Waals surface area (Å²) in [6.07, 6.45) is 0.788. The second kappa shape index (κ2) is 4.83. The Balaban J connectivity index is 1.83. The smallest absolute Gasteiger partial charge is 0.253 e. The fourth-order valence-corrected chi connectivity index (χ4v) is 3.58. The van der Waals surface area contributed by atoms with Crippen molar-refractivity contribution in [1.82, 2.24) is 9.80 Å². The molecule has 2 saturated heterocycles. The molecule has 2 heterocycles. The van der Waals surface area contributed by atoms with Crippen molar-refractivity contribution in [3.8, 4) is 0 Å². The Bertz CT molecular complexity index is 604. The lowest BCUT2D eigenvalue weighted by atomic mass is 9.78. The van der Waals surface area contributed by atoms with E-state index in [0.29, 0.717) is 18.7 Å². The van der Waals surface area contributed by atoms with E-state index in [0.717, 1.165) is 13.0 Å². The average molecular weight is 290 g/mol. The minimum absolute atomic E-state index is 0.129. The zero-order chi connectivity index (χ0) is 15.2.